The first-order valence-electron chi connectivity index (χ1n) is 8.17. The van der Waals surface area contributed by atoms with E-state index >= 15 is 0 Å². The van der Waals surface area contributed by atoms with Gasteiger partial charge in [0.2, 0.25) is 5.88 Å². The number of amides is 1. The molecule has 0 unspecified atom stereocenters. The number of pyridine rings is 1. The van der Waals surface area contributed by atoms with Gasteiger partial charge in [-0.2, -0.15) is 0 Å². The number of rotatable bonds is 6. The highest BCUT2D eigenvalue weighted by Crippen LogP contribution is 2.25. The standard InChI is InChI=1S/C18H19N5O2S/c1-11(2)25-14-6-5-13(9-21-14)10-22-17(24)15-12(3)23-18(26-15)16-19-7-4-8-20-16/h4-9,11H,10H2,1-3H3,(H,22,24). The van der Waals surface area contributed by atoms with Gasteiger partial charge in [-0.25, -0.2) is 19.9 Å². The summed E-state index contributed by atoms with van der Waals surface area (Å²) in [4.78, 5) is 30.0. The average molecular weight is 369 g/mol. The molecular weight excluding hydrogens is 350 g/mol. The van der Waals surface area contributed by atoms with E-state index in [4.69, 9.17) is 4.74 Å². The van der Waals surface area contributed by atoms with Crippen molar-refractivity contribution >= 4 is 17.2 Å². The first-order chi connectivity index (χ1) is 12.5. The molecule has 0 spiro atoms. The monoisotopic (exact) mass is 369 g/mol. The molecule has 7 nitrogen and oxygen atoms in total. The number of ether oxygens (including phenoxy) is 1. The highest BCUT2D eigenvalue weighted by molar-refractivity contribution is 7.17. The molecule has 3 aromatic rings. The Morgan fingerprint density at radius 3 is 2.65 bits per heavy atom. The number of carbonyl (C=O) groups excluding carboxylic acids is 1. The lowest BCUT2D eigenvalue weighted by Crippen LogP contribution is -2.22. The van der Waals surface area contributed by atoms with Crippen LogP contribution in [0.4, 0.5) is 0 Å². The van der Waals surface area contributed by atoms with Gasteiger partial charge in [-0.05, 0) is 32.4 Å². The SMILES string of the molecule is Cc1nc(-c2ncccn2)sc1C(=O)NCc1ccc(OC(C)C)nc1. The van der Waals surface area contributed by atoms with E-state index in [1.807, 2.05) is 19.9 Å². The summed E-state index contributed by atoms with van der Waals surface area (Å²) in [5.41, 5.74) is 1.55. The number of hydrogen-bond donors (Lipinski definition) is 1. The Morgan fingerprint density at radius 1 is 1.23 bits per heavy atom. The molecule has 3 aromatic heterocycles. The van der Waals surface area contributed by atoms with Gasteiger partial charge >= 0.3 is 0 Å². The largest absolute Gasteiger partial charge is 0.475 e. The second kappa shape index (κ2) is 8.01. The summed E-state index contributed by atoms with van der Waals surface area (Å²) in [6, 6.07) is 5.42. The number of nitrogens with zero attached hydrogens (tertiary/aromatic N) is 4. The van der Waals surface area contributed by atoms with Gasteiger partial charge in [-0.3, -0.25) is 4.79 Å². The fourth-order valence-corrected chi connectivity index (χ4v) is 3.13. The third kappa shape index (κ3) is 4.40. The van der Waals surface area contributed by atoms with Crippen molar-refractivity contribution in [2.24, 2.45) is 0 Å². The molecule has 1 amide bonds. The van der Waals surface area contributed by atoms with Crippen molar-refractivity contribution in [1.82, 2.24) is 25.3 Å². The minimum Gasteiger partial charge on any atom is -0.475 e. The summed E-state index contributed by atoms with van der Waals surface area (Å²) in [5.74, 6) is 0.912. The van der Waals surface area contributed by atoms with Crippen LogP contribution in [0.5, 0.6) is 5.88 Å². The molecule has 26 heavy (non-hydrogen) atoms. The number of thiazole rings is 1. The second-order valence-electron chi connectivity index (χ2n) is 5.86. The Kier molecular flexibility index (Phi) is 5.52. The Balaban J connectivity index is 1.64. The number of hydrogen-bond acceptors (Lipinski definition) is 7. The molecule has 0 bridgehead atoms. The van der Waals surface area contributed by atoms with E-state index in [2.05, 4.69) is 25.3 Å². The highest BCUT2D eigenvalue weighted by atomic mass is 32.1. The third-order valence-electron chi connectivity index (χ3n) is 3.37. The van der Waals surface area contributed by atoms with E-state index in [0.29, 0.717) is 33.8 Å². The van der Waals surface area contributed by atoms with E-state index in [1.165, 1.54) is 11.3 Å². The maximum Gasteiger partial charge on any atom is 0.263 e. The molecule has 3 heterocycles. The van der Waals surface area contributed by atoms with Crippen molar-refractivity contribution in [2.45, 2.75) is 33.4 Å². The Hall–Kier alpha value is -2.87. The normalized spacial score (nSPS) is 10.8. The zero-order chi connectivity index (χ0) is 18.5. The zero-order valence-corrected chi connectivity index (χ0v) is 15.6. The molecule has 0 aromatic carbocycles. The van der Waals surface area contributed by atoms with Gasteiger partial charge in [0, 0.05) is 31.2 Å². The Morgan fingerprint density at radius 2 is 2.00 bits per heavy atom. The first kappa shape index (κ1) is 17.9. The van der Waals surface area contributed by atoms with Crippen LogP contribution >= 0.6 is 11.3 Å². The lowest BCUT2D eigenvalue weighted by molar-refractivity contribution is 0.0954. The zero-order valence-electron chi connectivity index (χ0n) is 14.8. The second-order valence-corrected chi connectivity index (χ2v) is 6.86. The fraction of sp³-hybridized carbons (Fsp3) is 0.278. The quantitative estimate of drug-likeness (QED) is 0.718. The maximum absolute atomic E-state index is 12.5. The van der Waals surface area contributed by atoms with Crippen LogP contribution in [-0.4, -0.2) is 31.9 Å². The van der Waals surface area contributed by atoms with Crippen LogP contribution < -0.4 is 10.1 Å². The summed E-state index contributed by atoms with van der Waals surface area (Å²) in [6.07, 6.45) is 5.07. The smallest absolute Gasteiger partial charge is 0.263 e. The van der Waals surface area contributed by atoms with E-state index in [-0.39, 0.29) is 12.0 Å². The summed E-state index contributed by atoms with van der Waals surface area (Å²) < 4.78 is 5.51. The molecule has 0 aliphatic heterocycles. The van der Waals surface area contributed by atoms with Crippen LogP contribution in [0, 0.1) is 6.92 Å². The molecule has 0 saturated heterocycles. The van der Waals surface area contributed by atoms with Crippen molar-refractivity contribution in [2.75, 3.05) is 0 Å². The van der Waals surface area contributed by atoms with Gasteiger partial charge < -0.3 is 10.1 Å². The maximum atomic E-state index is 12.5. The molecule has 0 atom stereocenters. The molecule has 1 N–H and O–H groups in total. The first-order valence-corrected chi connectivity index (χ1v) is 8.99. The summed E-state index contributed by atoms with van der Waals surface area (Å²) in [6.45, 7) is 6.07. The number of aryl methyl sites for hydroxylation is 1. The van der Waals surface area contributed by atoms with Gasteiger partial charge in [-0.15, -0.1) is 11.3 Å². The molecule has 8 heteroatoms. The summed E-state index contributed by atoms with van der Waals surface area (Å²) in [7, 11) is 0. The van der Waals surface area contributed by atoms with Crippen molar-refractivity contribution in [3.8, 4) is 16.7 Å². The van der Waals surface area contributed by atoms with Gasteiger partial charge in [0.05, 0.1) is 11.8 Å². The molecule has 0 fully saturated rings. The molecule has 134 valence electrons. The fourth-order valence-electron chi connectivity index (χ4n) is 2.20. The molecule has 0 saturated carbocycles. The minimum atomic E-state index is -0.176. The topological polar surface area (TPSA) is 89.9 Å². The van der Waals surface area contributed by atoms with Crippen LogP contribution in [0.2, 0.25) is 0 Å². The molecule has 3 rings (SSSR count). The predicted molar refractivity (Wildman–Crippen MR) is 99.0 cm³/mol. The van der Waals surface area contributed by atoms with Crippen LogP contribution in [0.1, 0.15) is 34.8 Å². The lowest BCUT2D eigenvalue weighted by atomic mass is 10.2. The van der Waals surface area contributed by atoms with E-state index in [9.17, 15) is 4.79 Å². The van der Waals surface area contributed by atoms with Crippen molar-refractivity contribution < 1.29 is 9.53 Å². The van der Waals surface area contributed by atoms with E-state index in [1.54, 1.807) is 37.6 Å². The molecule has 0 radical (unpaired) electrons. The Bertz CT molecular complexity index is 878. The predicted octanol–water partition coefficient (Wildman–Crippen LogP) is 3.02. The molecule has 0 aliphatic carbocycles. The van der Waals surface area contributed by atoms with E-state index in [0.717, 1.165) is 5.56 Å². The van der Waals surface area contributed by atoms with Gasteiger partial charge in [0.25, 0.3) is 5.91 Å². The lowest BCUT2D eigenvalue weighted by Gasteiger charge is -2.09. The van der Waals surface area contributed by atoms with Gasteiger partial charge in [0.1, 0.15) is 4.88 Å². The van der Waals surface area contributed by atoms with Gasteiger partial charge in [-0.1, -0.05) is 6.07 Å². The van der Waals surface area contributed by atoms with Gasteiger partial charge in [0.15, 0.2) is 10.8 Å². The summed E-state index contributed by atoms with van der Waals surface area (Å²) in [5, 5.41) is 3.52. The van der Waals surface area contributed by atoms with Crippen LogP contribution in [0.3, 0.4) is 0 Å². The van der Waals surface area contributed by atoms with Crippen LogP contribution in [0.25, 0.3) is 10.8 Å². The number of aromatic nitrogens is 4. The molecule has 0 aliphatic rings. The average Bonchev–Trinajstić information content (AvgIpc) is 3.03. The van der Waals surface area contributed by atoms with Crippen molar-refractivity contribution in [3.05, 3.63) is 52.9 Å². The van der Waals surface area contributed by atoms with Crippen LogP contribution in [-0.2, 0) is 6.54 Å². The van der Waals surface area contributed by atoms with Crippen LogP contribution in [0.15, 0.2) is 36.8 Å². The molecular formula is C18H19N5O2S. The third-order valence-corrected chi connectivity index (χ3v) is 4.52. The Labute approximate surface area is 155 Å². The number of nitrogens with one attached hydrogen (secondary N) is 1. The van der Waals surface area contributed by atoms with Crippen molar-refractivity contribution in [1.29, 1.82) is 0 Å². The van der Waals surface area contributed by atoms with E-state index < -0.39 is 0 Å². The van der Waals surface area contributed by atoms with Crippen molar-refractivity contribution in [3.63, 3.8) is 0 Å². The summed E-state index contributed by atoms with van der Waals surface area (Å²) >= 11 is 1.28. The number of carbonyl (C=O) groups is 1. The highest BCUT2D eigenvalue weighted by Gasteiger charge is 2.17. The minimum absolute atomic E-state index is 0.0742.